The predicted octanol–water partition coefficient (Wildman–Crippen LogP) is 4.50. The summed E-state index contributed by atoms with van der Waals surface area (Å²) in [6.45, 7) is 0. The molecule has 78 valence electrons. The Kier molecular flexibility index (Phi) is 3.66. The first-order chi connectivity index (χ1) is 7.77. The Morgan fingerprint density at radius 3 is 2.06 bits per heavy atom. The van der Waals surface area contributed by atoms with Gasteiger partial charge in [0, 0.05) is 15.6 Å². The van der Waals surface area contributed by atoms with E-state index in [1.807, 2.05) is 48.5 Å². The molecular formula is C14H8BrCl. The van der Waals surface area contributed by atoms with Gasteiger partial charge in [0.1, 0.15) is 0 Å². The molecule has 0 heterocycles. The molecule has 0 N–H and O–H groups in total. The van der Waals surface area contributed by atoms with Gasteiger partial charge in [-0.1, -0.05) is 47.7 Å². The third kappa shape index (κ3) is 2.66. The van der Waals surface area contributed by atoms with Crippen LogP contribution in [0.25, 0.3) is 0 Å². The molecule has 0 aliphatic rings. The fourth-order valence-electron chi connectivity index (χ4n) is 1.26. The lowest BCUT2D eigenvalue weighted by Gasteiger charge is -1.95. The summed E-state index contributed by atoms with van der Waals surface area (Å²) in [5.74, 6) is 6.15. The van der Waals surface area contributed by atoms with Gasteiger partial charge >= 0.3 is 0 Å². The lowest BCUT2D eigenvalue weighted by atomic mass is 10.2. The number of benzene rings is 2. The molecule has 0 fully saturated rings. The van der Waals surface area contributed by atoms with Crippen LogP contribution in [0, 0.1) is 11.8 Å². The number of hydrogen-bond acceptors (Lipinski definition) is 0. The summed E-state index contributed by atoms with van der Waals surface area (Å²) in [6.07, 6.45) is 0. The molecule has 2 aromatic rings. The monoisotopic (exact) mass is 290 g/mol. The standard InChI is InChI=1S/C14H8BrCl/c15-13-7-3-1-5-11(13)9-10-12-6-2-4-8-14(12)16/h1-8H. The van der Waals surface area contributed by atoms with Crippen molar-refractivity contribution in [3.63, 3.8) is 0 Å². The van der Waals surface area contributed by atoms with Crippen molar-refractivity contribution < 1.29 is 0 Å². The first kappa shape index (κ1) is 11.3. The van der Waals surface area contributed by atoms with E-state index in [-0.39, 0.29) is 0 Å². The van der Waals surface area contributed by atoms with E-state index in [0.29, 0.717) is 5.02 Å². The molecule has 0 aliphatic carbocycles. The summed E-state index contributed by atoms with van der Waals surface area (Å²) in [6, 6.07) is 15.4. The van der Waals surface area contributed by atoms with Crippen LogP contribution in [0.4, 0.5) is 0 Å². The average molecular weight is 292 g/mol. The summed E-state index contributed by atoms with van der Waals surface area (Å²) in [5.41, 5.74) is 1.81. The third-order valence-electron chi connectivity index (χ3n) is 2.08. The highest BCUT2D eigenvalue weighted by molar-refractivity contribution is 9.10. The van der Waals surface area contributed by atoms with E-state index in [1.54, 1.807) is 0 Å². The fourth-order valence-corrected chi connectivity index (χ4v) is 1.83. The maximum atomic E-state index is 6.02. The highest BCUT2D eigenvalue weighted by Crippen LogP contribution is 2.16. The molecule has 0 saturated carbocycles. The van der Waals surface area contributed by atoms with Crippen LogP contribution < -0.4 is 0 Å². The van der Waals surface area contributed by atoms with Gasteiger partial charge in [-0.25, -0.2) is 0 Å². The van der Waals surface area contributed by atoms with Crippen LogP contribution in [0.2, 0.25) is 5.02 Å². The van der Waals surface area contributed by atoms with Gasteiger partial charge in [-0.15, -0.1) is 0 Å². The second kappa shape index (κ2) is 5.21. The molecule has 0 aliphatic heterocycles. The van der Waals surface area contributed by atoms with E-state index in [0.717, 1.165) is 15.6 Å². The molecule has 0 spiro atoms. The normalized spacial score (nSPS) is 9.38. The molecule has 2 heteroatoms. The lowest BCUT2D eigenvalue weighted by molar-refractivity contribution is 1.58. The Balaban J connectivity index is 2.36. The topological polar surface area (TPSA) is 0 Å². The Morgan fingerprint density at radius 1 is 0.812 bits per heavy atom. The quantitative estimate of drug-likeness (QED) is 0.627. The second-order valence-corrected chi connectivity index (χ2v) is 4.47. The van der Waals surface area contributed by atoms with Crippen molar-refractivity contribution in [1.29, 1.82) is 0 Å². The van der Waals surface area contributed by atoms with Crippen molar-refractivity contribution >= 4 is 27.5 Å². The molecule has 0 nitrogen and oxygen atoms in total. The van der Waals surface area contributed by atoms with Crippen LogP contribution in [0.15, 0.2) is 53.0 Å². The van der Waals surface area contributed by atoms with Crippen LogP contribution in [0.5, 0.6) is 0 Å². The van der Waals surface area contributed by atoms with E-state index in [9.17, 15) is 0 Å². The minimum atomic E-state index is 0.682. The summed E-state index contributed by atoms with van der Waals surface area (Å²) in [4.78, 5) is 0. The molecule has 2 aromatic carbocycles. The van der Waals surface area contributed by atoms with Crippen molar-refractivity contribution in [3.8, 4) is 11.8 Å². The zero-order valence-electron chi connectivity index (χ0n) is 8.37. The smallest absolute Gasteiger partial charge is 0.0562 e. The second-order valence-electron chi connectivity index (χ2n) is 3.21. The van der Waals surface area contributed by atoms with Crippen LogP contribution in [-0.2, 0) is 0 Å². The van der Waals surface area contributed by atoms with E-state index in [4.69, 9.17) is 11.6 Å². The van der Waals surface area contributed by atoms with Gasteiger partial charge in [0.25, 0.3) is 0 Å². The SMILES string of the molecule is Clc1ccccc1C#Cc1ccccc1Br. The molecule has 0 amide bonds. The minimum Gasteiger partial charge on any atom is -0.0830 e. The van der Waals surface area contributed by atoms with Gasteiger partial charge in [0.15, 0.2) is 0 Å². The minimum absolute atomic E-state index is 0.682. The zero-order valence-corrected chi connectivity index (χ0v) is 10.7. The number of halogens is 2. The van der Waals surface area contributed by atoms with Crippen LogP contribution in [-0.4, -0.2) is 0 Å². The largest absolute Gasteiger partial charge is 0.0830 e. The first-order valence-corrected chi connectivity index (χ1v) is 5.95. The zero-order chi connectivity index (χ0) is 11.4. The van der Waals surface area contributed by atoms with Crippen molar-refractivity contribution in [3.05, 3.63) is 69.2 Å². The van der Waals surface area contributed by atoms with Gasteiger partial charge in [0.05, 0.1) is 5.02 Å². The molecular weight excluding hydrogens is 284 g/mol. The van der Waals surface area contributed by atoms with Crippen molar-refractivity contribution in [1.82, 2.24) is 0 Å². The van der Waals surface area contributed by atoms with E-state index >= 15 is 0 Å². The summed E-state index contributed by atoms with van der Waals surface area (Å²) >= 11 is 9.47. The van der Waals surface area contributed by atoms with Gasteiger partial charge < -0.3 is 0 Å². The van der Waals surface area contributed by atoms with Gasteiger partial charge in [-0.05, 0) is 40.2 Å². The third-order valence-corrected chi connectivity index (χ3v) is 3.10. The first-order valence-electron chi connectivity index (χ1n) is 4.78. The molecule has 0 unspecified atom stereocenters. The van der Waals surface area contributed by atoms with Gasteiger partial charge in [0.2, 0.25) is 0 Å². The van der Waals surface area contributed by atoms with E-state index in [2.05, 4.69) is 27.8 Å². The molecule has 0 radical (unpaired) electrons. The molecule has 0 atom stereocenters. The summed E-state index contributed by atoms with van der Waals surface area (Å²) in [7, 11) is 0. The van der Waals surface area contributed by atoms with Crippen LogP contribution in [0.3, 0.4) is 0 Å². The molecule has 2 rings (SSSR count). The molecule has 0 aromatic heterocycles. The number of hydrogen-bond donors (Lipinski definition) is 0. The fraction of sp³-hybridized carbons (Fsp3) is 0. The summed E-state index contributed by atoms with van der Waals surface area (Å²) < 4.78 is 0.995. The lowest BCUT2D eigenvalue weighted by Crippen LogP contribution is -1.78. The Labute approximate surface area is 108 Å². The Bertz CT molecular complexity index is 515. The van der Waals surface area contributed by atoms with Crippen molar-refractivity contribution in [2.24, 2.45) is 0 Å². The maximum Gasteiger partial charge on any atom is 0.0562 e. The van der Waals surface area contributed by atoms with Crippen LogP contribution >= 0.6 is 27.5 Å². The number of rotatable bonds is 0. The van der Waals surface area contributed by atoms with Crippen LogP contribution in [0.1, 0.15) is 11.1 Å². The Hall–Kier alpha value is -1.23. The van der Waals surface area contributed by atoms with E-state index in [1.165, 1.54) is 0 Å². The van der Waals surface area contributed by atoms with Gasteiger partial charge in [-0.2, -0.15) is 0 Å². The molecule has 0 bridgehead atoms. The van der Waals surface area contributed by atoms with E-state index < -0.39 is 0 Å². The highest BCUT2D eigenvalue weighted by Gasteiger charge is 1.95. The molecule has 0 saturated heterocycles. The van der Waals surface area contributed by atoms with Crippen molar-refractivity contribution in [2.45, 2.75) is 0 Å². The molecule has 16 heavy (non-hydrogen) atoms. The average Bonchev–Trinajstić information content (AvgIpc) is 2.30. The summed E-state index contributed by atoms with van der Waals surface area (Å²) in [5, 5.41) is 0.682. The van der Waals surface area contributed by atoms with Gasteiger partial charge in [-0.3, -0.25) is 0 Å². The highest BCUT2D eigenvalue weighted by atomic mass is 79.9. The predicted molar refractivity (Wildman–Crippen MR) is 71.6 cm³/mol. The maximum absolute atomic E-state index is 6.02. The van der Waals surface area contributed by atoms with Crippen molar-refractivity contribution in [2.75, 3.05) is 0 Å². The Morgan fingerprint density at radius 2 is 1.38 bits per heavy atom.